The fraction of sp³-hybridized carbons (Fsp3) is 0.450. The number of carbonyl (C=O) groups is 1. The van der Waals surface area contributed by atoms with Gasteiger partial charge in [0.1, 0.15) is 5.69 Å². The van der Waals surface area contributed by atoms with E-state index in [9.17, 15) is 13.6 Å². The van der Waals surface area contributed by atoms with Gasteiger partial charge in [0.2, 0.25) is 0 Å². The molecule has 2 aromatic rings. The lowest BCUT2D eigenvalue weighted by Crippen LogP contribution is -2.48. The lowest BCUT2D eigenvalue weighted by atomic mass is 10.1. The molecule has 148 valence electrons. The van der Waals surface area contributed by atoms with E-state index in [1.807, 2.05) is 30.3 Å². The Labute approximate surface area is 157 Å². The summed E-state index contributed by atoms with van der Waals surface area (Å²) < 4.78 is 46.3. The van der Waals surface area contributed by atoms with Crippen molar-refractivity contribution >= 4 is 5.78 Å². The minimum absolute atomic E-state index is 0.0881. The van der Waals surface area contributed by atoms with E-state index in [-0.39, 0.29) is 19.8 Å². The second-order valence-corrected chi connectivity index (χ2v) is 5.82. The SMILES string of the molecule is CCOC(OCC)(OCC)C(=O)c1c(F)c(F)cn1[C@H](C)c1ccccc1. The summed E-state index contributed by atoms with van der Waals surface area (Å²) in [6, 6.07) is 8.60. The zero-order valence-electron chi connectivity index (χ0n) is 16.0. The molecule has 0 N–H and O–H groups in total. The number of carbonyl (C=O) groups excluding carboxylic acids is 1. The molecule has 0 bridgehead atoms. The number of nitrogens with zero attached hydrogens (tertiary/aromatic N) is 1. The van der Waals surface area contributed by atoms with Crippen LogP contribution >= 0.6 is 0 Å². The van der Waals surface area contributed by atoms with Gasteiger partial charge in [-0.05, 0) is 33.3 Å². The Balaban J connectivity index is 2.57. The Morgan fingerprint density at radius 2 is 1.56 bits per heavy atom. The Morgan fingerprint density at radius 1 is 1.04 bits per heavy atom. The third kappa shape index (κ3) is 4.26. The predicted molar refractivity (Wildman–Crippen MR) is 96.5 cm³/mol. The van der Waals surface area contributed by atoms with Gasteiger partial charge in [-0.3, -0.25) is 4.79 Å². The van der Waals surface area contributed by atoms with Gasteiger partial charge in [-0.15, -0.1) is 0 Å². The van der Waals surface area contributed by atoms with E-state index >= 15 is 0 Å². The first-order valence-electron chi connectivity index (χ1n) is 8.99. The van der Waals surface area contributed by atoms with Gasteiger partial charge in [-0.2, -0.15) is 0 Å². The standard InChI is InChI=1S/C20H25F2NO4/c1-5-25-20(26-6-2,27-7-3)19(24)18-17(22)16(21)13-23(18)14(4)15-11-9-8-10-12-15/h8-14H,5-7H2,1-4H3/t14-/m1/s1. The van der Waals surface area contributed by atoms with Gasteiger partial charge in [0, 0.05) is 6.20 Å². The van der Waals surface area contributed by atoms with Gasteiger partial charge < -0.3 is 18.8 Å². The molecule has 0 aliphatic heterocycles. The molecule has 0 spiro atoms. The number of Topliss-reactive ketones (excluding diaryl/α,β-unsaturated/α-hetero) is 1. The van der Waals surface area contributed by atoms with Crippen LogP contribution in [0.15, 0.2) is 36.5 Å². The van der Waals surface area contributed by atoms with E-state index in [1.165, 1.54) is 4.57 Å². The summed E-state index contributed by atoms with van der Waals surface area (Å²) >= 11 is 0. The summed E-state index contributed by atoms with van der Waals surface area (Å²) in [5, 5.41) is 0. The molecule has 7 heteroatoms. The number of halogens is 2. The number of ether oxygens (including phenoxy) is 3. The van der Waals surface area contributed by atoms with E-state index in [0.717, 1.165) is 11.8 Å². The summed E-state index contributed by atoms with van der Waals surface area (Å²) in [6.07, 6.45) is 0.967. The molecule has 5 nitrogen and oxygen atoms in total. The Bertz CT molecular complexity index is 744. The van der Waals surface area contributed by atoms with Crippen LogP contribution in [0.4, 0.5) is 8.78 Å². The average Bonchev–Trinajstić information content (AvgIpc) is 2.96. The van der Waals surface area contributed by atoms with Crippen LogP contribution in [0.5, 0.6) is 0 Å². The van der Waals surface area contributed by atoms with Crippen LogP contribution in [-0.2, 0) is 14.2 Å². The van der Waals surface area contributed by atoms with Crippen molar-refractivity contribution in [2.45, 2.75) is 39.7 Å². The molecule has 1 atom stereocenters. The molecule has 0 saturated carbocycles. The molecule has 0 fully saturated rings. The molecule has 0 radical (unpaired) electrons. The van der Waals surface area contributed by atoms with E-state index in [2.05, 4.69) is 0 Å². The smallest absolute Gasteiger partial charge is 0.332 e. The highest BCUT2D eigenvalue weighted by Crippen LogP contribution is 2.30. The first kappa shape index (κ1) is 21.2. The first-order valence-corrected chi connectivity index (χ1v) is 8.99. The second kappa shape index (κ2) is 9.21. The van der Waals surface area contributed by atoms with E-state index in [4.69, 9.17) is 14.2 Å². The zero-order valence-corrected chi connectivity index (χ0v) is 16.0. The summed E-state index contributed by atoms with van der Waals surface area (Å²) in [4.78, 5) is 13.2. The van der Waals surface area contributed by atoms with E-state index in [1.54, 1.807) is 27.7 Å². The van der Waals surface area contributed by atoms with Gasteiger partial charge in [-0.1, -0.05) is 30.3 Å². The number of aromatic nitrogens is 1. The maximum atomic E-state index is 14.6. The minimum atomic E-state index is -2.13. The Kier molecular flexibility index (Phi) is 7.24. The quantitative estimate of drug-likeness (QED) is 0.454. The number of rotatable bonds is 10. The van der Waals surface area contributed by atoms with Gasteiger partial charge in [-0.25, -0.2) is 8.78 Å². The van der Waals surface area contributed by atoms with Crippen LogP contribution in [0, 0.1) is 11.6 Å². The Hall–Kier alpha value is -2.09. The van der Waals surface area contributed by atoms with Crippen molar-refractivity contribution in [3.63, 3.8) is 0 Å². The molecular weight excluding hydrogens is 356 g/mol. The topological polar surface area (TPSA) is 49.7 Å². The summed E-state index contributed by atoms with van der Waals surface area (Å²) in [7, 11) is 0. The van der Waals surface area contributed by atoms with Crippen molar-refractivity contribution in [3.8, 4) is 0 Å². The van der Waals surface area contributed by atoms with Crippen molar-refractivity contribution in [1.82, 2.24) is 4.57 Å². The van der Waals surface area contributed by atoms with Crippen molar-refractivity contribution in [2.75, 3.05) is 19.8 Å². The van der Waals surface area contributed by atoms with E-state index in [0.29, 0.717) is 0 Å². The summed E-state index contributed by atoms with van der Waals surface area (Å²) in [5.74, 6) is -5.43. The molecule has 0 unspecified atom stereocenters. The molecule has 0 amide bonds. The third-order valence-electron chi connectivity index (χ3n) is 4.12. The minimum Gasteiger partial charge on any atom is -0.332 e. The lowest BCUT2D eigenvalue weighted by molar-refractivity contribution is -0.339. The van der Waals surface area contributed by atoms with Crippen molar-refractivity contribution in [2.24, 2.45) is 0 Å². The molecule has 1 aromatic heterocycles. The predicted octanol–water partition coefficient (Wildman–Crippen LogP) is 4.32. The molecule has 2 rings (SSSR count). The first-order chi connectivity index (χ1) is 12.9. The van der Waals surface area contributed by atoms with Gasteiger partial charge >= 0.3 is 5.97 Å². The van der Waals surface area contributed by atoms with Crippen molar-refractivity contribution < 1.29 is 27.8 Å². The zero-order chi connectivity index (χ0) is 20.0. The molecule has 0 aliphatic carbocycles. The Morgan fingerprint density at radius 3 is 2.04 bits per heavy atom. The van der Waals surface area contributed by atoms with Crippen LogP contribution in [0.1, 0.15) is 49.8 Å². The highest BCUT2D eigenvalue weighted by molar-refractivity contribution is 5.99. The van der Waals surface area contributed by atoms with Crippen LogP contribution in [-0.4, -0.2) is 36.1 Å². The molecule has 0 aliphatic rings. The monoisotopic (exact) mass is 381 g/mol. The number of benzene rings is 1. The molecule has 1 heterocycles. The van der Waals surface area contributed by atoms with Gasteiger partial charge in [0.05, 0.1) is 25.9 Å². The largest absolute Gasteiger partial charge is 0.353 e. The summed E-state index contributed by atoms with van der Waals surface area (Å²) in [5.41, 5.74) is 0.301. The van der Waals surface area contributed by atoms with Crippen LogP contribution in [0.25, 0.3) is 0 Å². The second-order valence-electron chi connectivity index (χ2n) is 5.82. The highest BCUT2D eigenvalue weighted by Gasteiger charge is 2.46. The number of hydrogen-bond donors (Lipinski definition) is 0. The summed E-state index contributed by atoms with van der Waals surface area (Å²) in [6.45, 7) is 6.98. The van der Waals surface area contributed by atoms with Gasteiger partial charge in [0.15, 0.2) is 11.6 Å². The van der Waals surface area contributed by atoms with Crippen LogP contribution in [0.3, 0.4) is 0 Å². The average molecular weight is 381 g/mol. The lowest BCUT2D eigenvalue weighted by Gasteiger charge is -2.31. The maximum absolute atomic E-state index is 14.6. The van der Waals surface area contributed by atoms with Crippen LogP contribution in [0.2, 0.25) is 0 Å². The van der Waals surface area contributed by atoms with E-state index < -0.39 is 35.1 Å². The number of ketones is 1. The molecule has 27 heavy (non-hydrogen) atoms. The van der Waals surface area contributed by atoms with Gasteiger partial charge in [0.25, 0.3) is 5.78 Å². The highest BCUT2D eigenvalue weighted by atomic mass is 19.2. The van der Waals surface area contributed by atoms with Crippen LogP contribution < -0.4 is 0 Å². The molecule has 0 saturated heterocycles. The normalized spacial score (nSPS) is 13.0. The molecular formula is C20H25F2NO4. The molecule has 1 aromatic carbocycles. The maximum Gasteiger partial charge on any atom is 0.353 e. The van der Waals surface area contributed by atoms with Crippen molar-refractivity contribution in [1.29, 1.82) is 0 Å². The van der Waals surface area contributed by atoms with Crippen molar-refractivity contribution in [3.05, 3.63) is 59.4 Å². The fourth-order valence-corrected chi connectivity index (χ4v) is 2.92. The third-order valence-corrected chi connectivity index (χ3v) is 4.12. The fourth-order valence-electron chi connectivity index (χ4n) is 2.92. The number of hydrogen-bond acceptors (Lipinski definition) is 4.